The Hall–Kier alpha value is -0.960. The van der Waals surface area contributed by atoms with Crippen LogP contribution in [0.25, 0.3) is 0 Å². The molecule has 15 heavy (non-hydrogen) atoms. The third kappa shape index (κ3) is 2.99. The normalized spacial score (nSPS) is 15.3. The van der Waals surface area contributed by atoms with E-state index in [1.165, 1.54) is 24.3 Å². The Bertz CT molecular complexity index is 295. The van der Waals surface area contributed by atoms with Crippen molar-refractivity contribution in [3.63, 3.8) is 0 Å². The molecule has 0 aliphatic heterocycles. The summed E-state index contributed by atoms with van der Waals surface area (Å²) in [7, 11) is 0. The van der Waals surface area contributed by atoms with Gasteiger partial charge in [0.05, 0.1) is 0 Å². The Morgan fingerprint density at radius 2 is 1.73 bits per heavy atom. The second kappa shape index (κ2) is 5.21. The lowest BCUT2D eigenvalue weighted by molar-refractivity contribution is 0.188. The van der Waals surface area contributed by atoms with Crippen LogP contribution >= 0.6 is 0 Å². The molecule has 3 heteroatoms. The van der Waals surface area contributed by atoms with Gasteiger partial charge in [-0.05, 0) is 30.2 Å². The number of nitrogens with two attached hydrogens (primary N) is 1. The molecule has 2 atom stereocenters. The summed E-state index contributed by atoms with van der Waals surface area (Å²) in [6.07, 6.45) is -1.12. The minimum absolute atomic E-state index is 0.176. The van der Waals surface area contributed by atoms with Crippen LogP contribution in [0.1, 0.15) is 25.6 Å². The summed E-state index contributed by atoms with van der Waals surface area (Å²) in [5.74, 6) is -0.384. The summed E-state index contributed by atoms with van der Waals surface area (Å²) in [5, 5.41) is 0. The summed E-state index contributed by atoms with van der Waals surface area (Å²) in [4.78, 5) is 0. The summed E-state index contributed by atoms with van der Waals surface area (Å²) in [6, 6.07) is 5.50. The molecule has 1 aromatic carbocycles. The molecule has 1 aromatic rings. The first kappa shape index (κ1) is 12.1. The van der Waals surface area contributed by atoms with Gasteiger partial charge in [0.15, 0.2) is 0 Å². The van der Waals surface area contributed by atoms with Gasteiger partial charge in [-0.1, -0.05) is 26.0 Å². The number of rotatable bonds is 4. The SMILES string of the molecule is CC(C)C(CN)C(F)c1ccc(F)cc1. The lowest BCUT2D eigenvalue weighted by atomic mass is 9.87. The number of benzene rings is 1. The molecule has 1 rings (SSSR count). The van der Waals surface area contributed by atoms with E-state index in [0.717, 1.165) is 0 Å². The zero-order valence-electron chi connectivity index (χ0n) is 9.08. The van der Waals surface area contributed by atoms with E-state index in [9.17, 15) is 8.78 Å². The fourth-order valence-electron chi connectivity index (χ4n) is 1.62. The van der Waals surface area contributed by atoms with Gasteiger partial charge >= 0.3 is 0 Å². The maximum absolute atomic E-state index is 14.0. The minimum Gasteiger partial charge on any atom is -0.330 e. The van der Waals surface area contributed by atoms with E-state index in [2.05, 4.69) is 0 Å². The highest BCUT2D eigenvalue weighted by Gasteiger charge is 2.24. The number of halogens is 2. The van der Waals surface area contributed by atoms with Crippen LogP contribution in [0.2, 0.25) is 0 Å². The van der Waals surface area contributed by atoms with E-state index < -0.39 is 6.17 Å². The molecule has 2 unspecified atom stereocenters. The maximum Gasteiger partial charge on any atom is 0.129 e. The fraction of sp³-hybridized carbons (Fsp3) is 0.500. The third-order valence-corrected chi connectivity index (χ3v) is 2.69. The second-order valence-corrected chi connectivity index (χ2v) is 4.10. The van der Waals surface area contributed by atoms with Crippen LogP contribution in [0.3, 0.4) is 0 Å². The Morgan fingerprint density at radius 1 is 1.20 bits per heavy atom. The molecule has 0 spiro atoms. The van der Waals surface area contributed by atoms with Crippen molar-refractivity contribution in [1.29, 1.82) is 0 Å². The third-order valence-electron chi connectivity index (χ3n) is 2.69. The van der Waals surface area contributed by atoms with Crippen LogP contribution in [-0.4, -0.2) is 6.54 Å². The molecule has 0 bridgehead atoms. The summed E-state index contributed by atoms with van der Waals surface area (Å²) >= 11 is 0. The molecule has 0 fully saturated rings. The van der Waals surface area contributed by atoms with E-state index in [4.69, 9.17) is 5.73 Å². The van der Waals surface area contributed by atoms with E-state index >= 15 is 0 Å². The largest absolute Gasteiger partial charge is 0.330 e. The average Bonchev–Trinajstić information content (AvgIpc) is 2.19. The van der Waals surface area contributed by atoms with Crippen LogP contribution in [0.4, 0.5) is 8.78 Å². The van der Waals surface area contributed by atoms with Gasteiger partial charge in [-0.3, -0.25) is 0 Å². The van der Waals surface area contributed by atoms with Gasteiger partial charge in [0.2, 0.25) is 0 Å². The van der Waals surface area contributed by atoms with Gasteiger partial charge < -0.3 is 5.73 Å². The topological polar surface area (TPSA) is 26.0 Å². The molecular formula is C12H17F2N. The first-order valence-electron chi connectivity index (χ1n) is 5.16. The van der Waals surface area contributed by atoms with Gasteiger partial charge in [0.25, 0.3) is 0 Å². The summed E-state index contributed by atoms with van der Waals surface area (Å²) < 4.78 is 26.6. The molecule has 0 amide bonds. The quantitative estimate of drug-likeness (QED) is 0.817. The van der Waals surface area contributed by atoms with Crippen molar-refractivity contribution in [3.8, 4) is 0 Å². The summed E-state index contributed by atoms with van der Waals surface area (Å²) in [5.41, 5.74) is 6.03. The zero-order valence-corrected chi connectivity index (χ0v) is 9.08. The highest BCUT2D eigenvalue weighted by molar-refractivity contribution is 5.19. The number of hydrogen-bond acceptors (Lipinski definition) is 1. The molecule has 1 nitrogen and oxygen atoms in total. The van der Waals surface area contributed by atoms with Gasteiger partial charge in [0.1, 0.15) is 12.0 Å². The van der Waals surface area contributed by atoms with Gasteiger partial charge in [0, 0.05) is 5.92 Å². The predicted octanol–water partition coefficient (Wildman–Crippen LogP) is 3.07. The maximum atomic E-state index is 14.0. The van der Waals surface area contributed by atoms with Crippen LogP contribution < -0.4 is 5.73 Å². The van der Waals surface area contributed by atoms with Gasteiger partial charge in [-0.15, -0.1) is 0 Å². The first-order chi connectivity index (χ1) is 7.06. The van der Waals surface area contributed by atoms with Crippen LogP contribution in [0, 0.1) is 17.7 Å². The van der Waals surface area contributed by atoms with Crippen molar-refractivity contribution in [2.75, 3.05) is 6.54 Å². The Labute approximate surface area is 89.3 Å². The molecule has 0 radical (unpaired) electrons. The van der Waals surface area contributed by atoms with Crippen molar-refractivity contribution in [2.45, 2.75) is 20.0 Å². The molecule has 0 aliphatic rings. The minimum atomic E-state index is -1.12. The highest BCUT2D eigenvalue weighted by Crippen LogP contribution is 2.30. The zero-order chi connectivity index (χ0) is 11.4. The monoisotopic (exact) mass is 213 g/mol. The average molecular weight is 213 g/mol. The fourth-order valence-corrected chi connectivity index (χ4v) is 1.62. The van der Waals surface area contributed by atoms with E-state index in [1.807, 2.05) is 13.8 Å². The van der Waals surface area contributed by atoms with E-state index in [1.54, 1.807) is 0 Å². The molecule has 0 saturated heterocycles. The van der Waals surface area contributed by atoms with Crippen LogP contribution in [0.15, 0.2) is 24.3 Å². The summed E-state index contributed by atoms with van der Waals surface area (Å²) in [6.45, 7) is 4.18. The molecule has 0 saturated carbocycles. The van der Waals surface area contributed by atoms with Gasteiger partial charge in [-0.2, -0.15) is 0 Å². The van der Waals surface area contributed by atoms with E-state index in [0.29, 0.717) is 12.1 Å². The lowest BCUT2D eigenvalue weighted by Crippen LogP contribution is -2.24. The molecule has 84 valence electrons. The molecule has 0 aliphatic carbocycles. The second-order valence-electron chi connectivity index (χ2n) is 4.10. The van der Waals surface area contributed by atoms with Crippen molar-refractivity contribution in [3.05, 3.63) is 35.6 Å². The smallest absolute Gasteiger partial charge is 0.129 e. The molecular weight excluding hydrogens is 196 g/mol. The molecule has 0 heterocycles. The highest BCUT2D eigenvalue weighted by atomic mass is 19.1. The van der Waals surface area contributed by atoms with Crippen LogP contribution in [-0.2, 0) is 0 Å². The van der Waals surface area contributed by atoms with Crippen molar-refractivity contribution in [2.24, 2.45) is 17.6 Å². The van der Waals surface area contributed by atoms with Crippen molar-refractivity contribution in [1.82, 2.24) is 0 Å². The van der Waals surface area contributed by atoms with E-state index in [-0.39, 0.29) is 17.7 Å². The molecule has 0 aromatic heterocycles. The lowest BCUT2D eigenvalue weighted by Gasteiger charge is -2.23. The molecule has 2 N–H and O–H groups in total. The predicted molar refractivity (Wildman–Crippen MR) is 57.6 cm³/mol. The number of alkyl halides is 1. The van der Waals surface area contributed by atoms with Crippen LogP contribution in [0.5, 0.6) is 0 Å². The standard InChI is InChI=1S/C12H17F2N/c1-8(2)11(7-15)12(14)9-3-5-10(13)6-4-9/h3-6,8,11-12H,7,15H2,1-2H3. The Morgan fingerprint density at radius 3 is 2.13 bits per heavy atom. The number of hydrogen-bond donors (Lipinski definition) is 1. The first-order valence-corrected chi connectivity index (χ1v) is 5.16. The van der Waals surface area contributed by atoms with Crippen molar-refractivity contribution < 1.29 is 8.78 Å². The van der Waals surface area contributed by atoms with Crippen molar-refractivity contribution >= 4 is 0 Å². The Balaban J connectivity index is 2.82. The Kier molecular flexibility index (Phi) is 4.21. The van der Waals surface area contributed by atoms with Gasteiger partial charge in [-0.25, -0.2) is 8.78 Å².